The van der Waals surface area contributed by atoms with E-state index in [2.05, 4.69) is 15.1 Å². The van der Waals surface area contributed by atoms with Crippen molar-refractivity contribution >= 4 is 22.7 Å². The summed E-state index contributed by atoms with van der Waals surface area (Å²) < 4.78 is 41.0. The molecule has 0 amide bonds. The van der Waals surface area contributed by atoms with Crippen molar-refractivity contribution in [3.05, 3.63) is 40.3 Å². The topological polar surface area (TPSA) is 109 Å². The summed E-state index contributed by atoms with van der Waals surface area (Å²) >= 11 is 0. The van der Waals surface area contributed by atoms with Gasteiger partial charge in [-0.15, -0.1) is 0 Å². The summed E-state index contributed by atoms with van der Waals surface area (Å²) in [5, 5.41) is 14.1. The van der Waals surface area contributed by atoms with Crippen LogP contribution in [0.4, 0.5) is 20.4 Å². The Kier molecular flexibility index (Phi) is 6.75. The lowest BCUT2D eigenvalue weighted by Crippen LogP contribution is -2.48. The molecule has 2 N–H and O–H groups in total. The minimum absolute atomic E-state index is 0.105. The van der Waals surface area contributed by atoms with E-state index >= 15 is 0 Å². The molecule has 1 aromatic carbocycles. The zero-order valence-electron chi connectivity index (χ0n) is 18.4. The van der Waals surface area contributed by atoms with Crippen molar-refractivity contribution < 1.29 is 23.4 Å². The van der Waals surface area contributed by atoms with Crippen molar-refractivity contribution in [3.63, 3.8) is 0 Å². The van der Waals surface area contributed by atoms with Gasteiger partial charge in [0.15, 0.2) is 17.3 Å². The summed E-state index contributed by atoms with van der Waals surface area (Å²) in [5.41, 5.74) is -0.0747. The fraction of sp³-hybridized carbons (Fsp3) is 0.476. The molecular formula is C21H26F2N6O4. The lowest BCUT2D eigenvalue weighted by atomic mass is 10.2. The van der Waals surface area contributed by atoms with Gasteiger partial charge in [0.2, 0.25) is 5.95 Å². The Bertz CT molecular complexity index is 1150. The summed E-state index contributed by atoms with van der Waals surface area (Å²) in [5.74, 6) is -0.952. The third-order valence-electron chi connectivity index (χ3n) is 5.37. The number of fused-ring (bicyclic) bond motifs is 1. The van der Waals surface area contributed by atoms with Gasteiger partial charge in [-0.05, 0) is 6.92 Å². The number of rotatable bonds is 8. The van der Waals surface area contributed by atoms with E-state index in [9.17, 15) is 18.7 Å². The van der Waals surface area contributed by atoms with E-state index in [1.807, 2.05) is 4.90 Å². The molecule has 178 valence electrons. The maximum Gasteiger partial charge on any atom is 0.263 e. The lowest BCUT2D eigenvalue weighted by Gasteiger charge is -2.36. The molecule has 4 rings (SSSR count). The number of anilines is 2. The SMILES string of the molecule is COCCOc1cc(F)c(N2CCN(c3nc4c(cnn4CC(C)O)c(=O)[nH]3)CC2)c(F)c1. The van der Waals surface area contributed by atoms with Crippen LogP contribution in [0.2, 0.25) is 0 Å². The molecule has 0 saturated carbocycles. The van der Waals surface area contributed by atoms with Crippen LogP contribution in [0.3, 0.4) is 0 Å². The van der Waals surface area contributed by atoms with E-state index < -0.39 is 17.7 Å². The molecule has 1 unspecified atom stereocenters. The Labute approximate surface area is 188 Å². The number of aliphatic hydroxyl groups excluding tert-OH is 1. The maximum absolute atomic E-state index is 14.7. The number of halogens is 2. The number of benzene rings is 1. The van der Waals surface area contributed by atoms with Crippen molar-refractivity contribution in [2.24, 2.45) is 0 Å². The van der Waals surface area contributed by atoms with Gasteiger partial charge in [0.1, 0.15) is 23.4 Å². The number of nitrogens with zero attached hydrogens (tertiary/aromatic N) is 5. The highest BCUT2D eigenvalue weighted by atomic mass is 19.1. The van der Waals surface area contributed by atoms with Gasteiger partial charge >= 0.3 is 0 Å². The van der Waals surface area contributed by atoms with E-state index in [1.54, 1.807) is 11.8 Å². The van der Waals surface area contributed by atoms with Crippen LogP contribution in [-0.2, 0) is 11.3 Å². The highest BCUT2D eigenvalue weighted by Crippen LogP contribution is 2.29. The summed E-state index contributed by atoms with van der Waals surface area (Å²) in [6.07, 6.45) is 0.766. The lowest BCUT2D eigenvalue weighted by molar-refractivity contribution is 0.146. The number of aliphatic hydroxyl groups is 1. The minimum atomic E-state index is -0.703. The normalized spacial score (nSPS) is 15.3. The number of methoxy groups -OCH3 is 1. The smallest absolute Gasteiger partial charge is 0.263 e. The first-order valence-corrected chi connectivity index (χ1v) is 10.6. The van der Waals surface area contributed by atoms with Crippen LogP contribution in [0.25, 0.3) is 11.0 Å². The molecule has 1 atom stereocenters. The van der Waals surface area contributed by atoms with Crippen LogP contribution in [-0.4, -0.2) is 77.5 Å². The third-order valence-corrected chi connectivity index (χ3v) is 5.37. The van der Waals surface area contributed by atoms with Crippen molar-refractivity contribution in [1.82, 2.24) is 19.7 Å². The molecule has 1 saturated heterocycles. The first-order valence-electron chi connectivity index (χ1n) is 10.6. The predicted octanol–water partition coefficient (Wildman–Crippen LogP) is 1.13. The van der Waals surface area contributed by atoms with Gasteiger partial charge in [0, 0.05) is 45.4 Å². The molecular weight excluding hydrogens is 438 g/mol. The number of hydrogen-bond donors (Lipinski definition) is 2. The fourth-order valence-electron chi connectivity index (χ4n) is 3.80. The van der Waals surface area contributed by atoms with Crippen LogP contribution in [0.5, 0.6) is 5.75 Å². The van der Waals surface area contributed by atoms with Gasteiger partial charge in [0.25, 0.3) is 5.56 Å². The van der Waals surface area contributed by atoms with Crippen molar-refractivity contribution in [3.8, 4) is 5.75 Å². The molecule has 0 radical (unpaired) electrons. The zero-order valence-corrected chi connectivity index (χ0v) is 18.4. The largest absolute Gasteiger partial charge is 0.491 e. The summed E-state index contributed by atoms with van der Waals surface area (Å²) in [6, 6.07) is 2.33. The Balaban J connectivity index is 1.49. The number of hydrogen-bond acceptors (Lipinski definition) is 8. The highest BCUT2D eigenvalue weighted by Gasteiger charge is 2.25. The average Bonchev–Trinajstić information content (AvgIpc) is 3.16. The van der Waals surface area contributed by atoms with E-state index in [-0.39, 0.29) is 30.1 Å². The molecule has 2 aromatic heterocycles. The maximum atomic E-state index is 14.7. The molecule has 0 aliphatic carbocycles. The van der Waals surface area contributed by atoms with Crippen molar-refractivity contribution in [2.75, 3.05) is 56.3 Å². The van der Waals surface area contributed by atoms with Crippen LogP contribution in [0.15, 0.2) is 23.1 Å². The van der Waals surface area contributed by atoms with Gasteiger partial charge < -0.3 is 24.4 Å². The summed E-state index contributed by atoms with van der Waals surface area (Å²) in [4.78, 5) is 23.2. The second-order valence-corrected chi connectivity index (χ2v) is 7.85. The Morgan fingerprint density at radius 1 is 1.15 bits per heavy atom. The average molecular weight is 464 g/mol. The van der Waals surface area contributed by atoms with E-state index in [0.717, 1.165) is 12.1 Å². The Morgan fingerprint density at radius 3 is 2.45 bits per heavy atom. The van der Waals surface area contributed by atoms with Crippen LogP contribution in [0, 0.1) is 11.6 Å². The quantitative estimate of drug-likeness (QED) is 0.478. The van der Waals surface area contributed by atoms with Crippen molar-refractivity contribution in [2.45, 2.75) is 19.6 Å². The highest BCUT2D eigenvalue weighted by molar-refractivity contribution is 5.74. The van der Waals surface area contributed by atoms with Gasteiger partial charge in [-0.25, -0.2) is 13.5 Å². The van der Waals surface area contributed by atoms with Gasteiger partial charge in [-0.1, -0.05) is 0 Å². The zero-order chi connectivity index (χ0) is 23.5. The van der Waals surface area contributed by atoms with Gasteiger partial charge in [0.05, 0.1) is 25.5 Å². The molecule has 12 heteroatoms. The Hall–Kier alpha value is -3.25. The number of aromatic nitrogens is 4. The molecule has 0 bridgehead atoms. The van der Waals surface area contributed by atoms with Crippen LogP contribution < -0.4 is 20.1 Å². The first kappa shape index (κ1) is 22.9. The number of ether oxygens (including phenoxy) is 2. The molecule has 0 spiro atoms. The van der Waals surface area contributed by atoms with Crippen LogP contribution in [0.1, 0.15) is 6.92 Å². The monoisotopic (exact) mass is 464 g/mol. The molecule has 1 aliphatic rings. The van der Waals surface area contributed by atoms with Crippen molar-refractivity contribution in [1.29, 1.82) is 0 Å². The minimum Gasteiger partial charge on any atom is -0.491 e. The van der Waals surface area contributed by atoms with E-state index in [4.69, 9.17) is 9.47 Å². The first-order chi connectivity index (χ1) is 15.9. The number of piperazine rings is 1. The molecule has 1 aliphatic heterocycles. The second kappa shape index (κ2) is 9.71. The van der Waals surface area contributed by atoms with Crippen LogP contribution >= 0.6 is 0 Å². The van der Waals surface area contributed by atoms with E-state index in [1.165, 1.54) is 18.0 Å². The standard InChI is InChI=1S/C21H26F2N6O4/c1-13(30)12-29-19-15(11-24-29)20(31)26-21(25-19)28-5-3-27(4-6-28)18-16(22)9-14(10-17(18)23)33-8-7-32-2/h9-11,13,30H,3-8,12H2,1-2H3,(H,25,26,31). The summed E-state index contributed by atoms with van der Waals surface area (Å²) in [6.45, 7) is 3.77. The molecule has 3 heterocycles. The molecule has 1 fully saturated rings. The van der Waals surface area contributed by atoms with E-state index in [0.29, 0.717) is 49.8 Å². The number of aromatic amines is 1. The molecule has 10 nitrogen and oxygen atoms in total. The fourth-order valence-corrected chi connectivity index (χ4v) is 3.80. The number of H-pyrrole nitrogens is 1. The predicted molar refractivity (Wildman–Crippen MR) is 118 cm³/mol. The molecule has 33 heavy (non-hydrogen) atoms. The van der Waals surface area contributed by atoms with Gasteiger partial charge in [-0.3, -0.25) is 9.78 Å². The third kappa shape index (κ3) is 4.91. The second-order valence-electron chi connectivity index (χ2n) is 7.85. The molecule has 3 aromatic rings. The summed E-state index contributed by atoms with van der Waals surface area (Å²) in [7, 11) is 1.51. The number of nitrogens with one attached hydrogen (secondary N) is 1. The van der Waals surface area contributed by atoms with Gasteiger partial charge in [-0.2, -0.15) is 10.1 Å². The Morgan fingerprint density at radius 2 is 1.82 bits per heavy atom.